The third-order valence-electron chi connectivity index (χ3n) is 3.64. The Morgan fingerprint density at radius 1 is 0.917 bits per heavy atom. The van der Waals surface area contributed by atoms with Crippen molar-refractivity contribution in [3.63, 3.8) is 0 Å². The average molecular weight is 327 g/mol. The van der Waals surface area contributed by atoms with Gasteiger partial charge in [0.05, 0.1) is 13.2 Å². The summed E-state index contributed by atoms with van der Waals surface area (Å²) in [5.41, 5.74) is 2.57. The van der Waals surface area contributed by atoms with Crippen molar-refractivity contribution in [2.75, 3.05) is 19.8 Å². The van der Waals surface area contributed by atoms with E-state index in [9.17, 15) is 0 Å². The molecule has 0 fully saturated rings. The van der Waals surface area contributed by atoms with E-state index < -0.39 is 0 Å². The van der Waals surface area contributed by atoms with Crippen LogP contribution in [0.15, 0.2) is 48.5 Å². The molecule has 0 atom stereocenters. The Bertz CT molecular complexity index is 596. The number of ether oxygens (including phenoxy) is 2. The summed E-state index contributed by atoms with van der Waals surface area (Å²) in [7, 11) is 0. The third-order valence-corrected chi connectivity index (χ3v) is 3.64. The number of hydrogen-bond donors (Lipinski definition) is 1. The maximum absolute atomic E-state index is 5.84. The zero-order chi connectivity index (χ0) is 17.2. The Morgan fingerprint density at radius 3 is 2.42 bits per heavy atom. The van der Waals surface area contributed by atoms with Gasteiger partial charge in [0.25, 0.3) is 0 Å². The van der Waals surface area contributed by atoms with Gasteiger partial charge in [0.2, 0.25) is 0 Å². The van der Waals surface area contributed by atoms with Gasteiger partial charge in [-0.15, -0.1) is 0 Å². The summed E-state index contributed by atoms with van der Waals surface area (Å²) in [6, 6.07) is 16.7. The average Bonchev–Trinajstić information content (AvgIpc) is 2.59. The molecule has 0 heterocycles. The summed E-state index contributed by atoms with van der Waals surface area (Å²) < 4.78 is 11.6. The first-order valence-corrected chi connectivity index (χ1v) is 8.82. The number of rotatable bonds is 10. The molecular formula is C21H29NO2. The zero-order valence-electron chi connectivity index (χ0n) is 15.0. The van der Waals surface area contributed by atoms with Crippen molar-refractivity contribution in [3.05, 3.63) is 59.7 Å². The van der Waals surface area contributed by atoms with Gasteiger partial charge in [-0.3, -0.25) is 0 Å². The van der Waals surface area contributed by atoms with Crippen LogP contribution in [-0.4, -0.2) is 19.8 Å². The van der Waals surface area contributed by atoms with Crippen LogP contribution >= 0.6 is 0 Å². The van der Waals surface area contributed by atoms with Crippen LogP contribution in [0.1, 0.15) is 31.9 Å². The largest absolute Gasteiger partial charge is 0.490 e. The van der Waals surface area contributed by atoms with Gasteiger partial charge in [-0.25, -0.2) is 0 Å². The molecule has 2 rings (SSSR count). The molecule has 0 unspecified atom stereocenters. The van der Waals surface area contributed by atoms with Crippen LogP contribution in [0.25, 0.3) is 0 Å². The number of nitrogens with one attached hydrogen (secondary N) is 1. The fourth-order valence-electron chi connectivity index (χ4n) is 2.42. The molecule has 130 valence electrons. The first-order valence-electron chi connectivity index (χ1n) is 8.82. The summed E-state index contributed by atoms with van der Waals surface area (Å²) >= 11 is 0. The number of hydrogen-bond acceptors (Lipinski definition) is 3. The van der Waals surface area contributed by atoms with Crippen molar-refractivity contribution < 1.29 is 9.47 Å². The minimum atomic E-state index is 0.499. The Labute approximate surface area is 146 Å². The first-order chi connectivity index (χ1) is 11.7. The van der Waals surface area contributed by atoms with E-state index in [0.717, 1.165) is 31.0 Å². The van der Waals surface area contributed by atoms with Crippen molar-refractivity contribution in [2.24, 2.45) is 5.92 Å². The lowest BCUT2D eigenvalue weighted by molar-refractivity contribution is 0.248. The van der Waals surface area contributed by atoms with Gasteiger partial charge in [-0.2, -0.15) is 0 Å². The van der Waals surface area contributed by atoms with Crippen LogP contribution in [-0.2, 0) is 13.0 Å². The Balaban J connectivity index is 1.86. The van der Waals surface area contributed by atoms with Gasteiger partial charge in [0.15, 0.2) is 11.5 Å². The molecule has 0 aliphatic carbocycles. The molecule has 0 amide bonds. The van der Waals surface area contributed by atoms with Crippen LogP contribution in [0.2, 0.25) is 0 Å². The smallest absolute Gasteiger partial charge is 0.161 e. The van der Waals surface area contributed by atoms with Crippen LogP contribution in [0.4, 0.5) is 0 Å². The molecule has 2 aromatic rings. The molecule has 0 saturated heterocycles. The Kier molecular flexibility index (Phi) is 7.63. The van der Waals surface area contributed by atoms with Gasteiger partial charge < -0.3 is 14.8 Å². The van der Waals surface area contributed by atoms with Crippen molar-refractivity contribution in [3.8, 4) is 11.5 Å². The lowest BCUT2D eigenvalue weighted by Gasteiger charge is -2.15. The van der Waals surface area contributed by atoms with Crippen molar-refractivity contribution in [1.82, 2.24) is 5.32 Å². The van der Waals surface area contributed by atoms with Crippen molar-refractivity contribution in [1.29, 1.82) is 0 Å². The maximum Gasteiger partial charge on any atom is 0.161 e. The van der Waals surface area contributed by atoms with Crippen molar-refractivity contribution in [2.45, 2.75) is 33.7 Å². The van der Waals surface area contributed by atoms with E-state index >= 15 is 0 Å². The molecule has 0 aliphatic rings. The molecule has 0 radical (unpaired) electrons. The van der Waals surface area contributed by atoms with Crippen LogP contribution in [0.3, 0.4) is 0 Å². The van der Waals surface area contributed by atoms with Gasteiger partial charge in [0.1, 0.15) is 0 Å². The standard InChI is InChI=1S/C21H29NO2/c1-4-23-21-14-19(10-11-20(21)24-16-17(2)3)15-22-13-12-18-8-6-5-7-9-18/h5-11,14,17,22H,4,12-13,15-16H2,1-3H3. The predicted octanol–water partition coefficient (Wildman–Crippen LogP) is 4.45. The molecule has 3 heteroatoms. The fourth-order valence-corrected chi connectivity index (χ4v) is 2.42. The number of benzene rings is 2. The monoisotopic (exact) mass is 327 g/mol. The molecule has 0 saturated carbocycles. The first kappa shape index (κ1) is 18.3. The zero-order valence-corrected chi connectivity index (χ0v) is 15.0. The van der Waals surface area contributed by atoms with E-state index in [2.05, 4.69) is 61.6 Å². The highest BCUT2D eigenvalue weighted by Gasteiger charge is 2.07. The van der Waals surface area contributed by atoms with Gasteiger partial charge in [-0.1, -0.05) is 50.2 Å². The van der Waals surface area contributed by atoms with E-state index in [1.54, 1.807) is 0 Å². The molecule has 1 N–H and O–H groups in total. The molecule has 24 heavy (non-hydrogen) atoms. The lowest BCUT2D eigenvalue weighted by atomic mass is 10.1. The third kappa shape index (κ3) is 6.25. The van der Waals surface area contributed by atoms with Crippen LogP contribution in [0, 0.1) is 5.92 Å². The molecule has 2 aromatic carbocycles. The quantitative estimate of drug-likeness (QED) is 0.654. The Morgan fingerprint density at radius 2 is 1.71 bits per heavy atom. The summed E-state index contributed by atoms with van der Waals surface area (Å²) in [6.07, 6.45) is 1.04. The molecular weight excluding hydrogens is 298 g/mol. The SMILES string of the molecule is CCOc1cc(CNCCc2ccccc2)ccc1OCC(C)C. The van der Waals surface area contributed by atoms with E-state index in [1.807, 2.05) is 13.0 Å². The molecule has 0 spiro atoms. The topological polar surface area (TPSA) is 30.5 Å². The van der Waals surface area contributed by atoms with Crippen molar-refractivity contribution >= 4 is 0 Å². The van der Waals surface area contributed by atoms with E-state index in [-0.39, 0.29) is 0 Å². The normalized spacial score (nSPS) is 10.8. The molecule has 0 bridgehead atoms. The lowest BCUT2D eigenvalue weighted by Crippen LogP contribution is -2.16. The van der Waals surface area contributed by atoms with Crippen LogP contribution < -0.4 is 14.8 Å². The minimum Gasteiger partial charge on any atom is -0.490 e. The van der Waals surface area contributed by atoms with E-state index in [4.69, 9.17) is 9.47 Å². The summed E-state index contributed by atoms with van der Waals surface area (Å²) in [5, 5.41) is 3.49. The highest BCUT2D eigenvalue weighted by molar-refractivity contribution is 5.43. The molecule has 3 nitrogen and oxygen atoms in total. The minimum absolute atomic E-state index is 0.499. The van der Waals surface area contributed by atoms with E-state index in [0.29, 0.717) is 19.1 Å². The highest BCUT2D eigenvalue weighted by Crippen LogP contribution is 2.29. The van der Waals surface area contributed by atoms with E-state index in [1.165, 1.54) is 11.1 Å². The molecule has 0 aliphatic heterocycles. The maximum atomic E-state index is 5.84. The predicted molar refractivity (Wildman–Crippen MR) is 99.8 cm³/mol. The summed E-state index contributed by atoms with van der Waals surface area (Å²) in [4.78, 5) is 0. The second kappa shape index (κ2) is 9.99. The van der Waals surface area contributed by atoms with Gasteiger partial charge >= 0.3 is 0 Å². The fraction of sp³-hybridized carbons (Fsp3) is 0.429. The van der Waals surface area contributed by atoms with Gasteiger partial charge in [0, 0.05) is 6.54 Å². The summed E-state index contributed by atoms with van der Waals surface area (Å²) in [6.45, 7) is 9.42. The highest BCUT2D eigenvalue weighted by atomic mass is 16.5. The summed E-state index contributed by atoms with van der Waals surface area (Å²) in [5.74, 6) is 2.16. The Hall–Kier alpha value is -2.00. The second-order valence-electron chi connectivity index (χ2n) is 6.33. The second-order valence-corrected chi connectivity index (χ2v) is 6.33. The van der Waals surface area contributed by atoms with Gasteiger partial charge in [-0.05, 0) is 49.1 Å². The van der Waals surface area contributed by atoms with Crippen LogP contribution in [0.5, 0.6) is 11.5 Å². The molecule has 0 aromatic heterocycles.